The van der Waals surface area contributed by atoms with Crippen molar-refractivity contribution in [3.05, 3.63) is 30.3 Å². The Balaban J connectivity index is 2.31. The van der Waals surface area contributed by atoms with Crippen molar-refractivity contribution in [2.24, 2.45) is 0 Å². The molecule has 1 aromatic carbocycles. The molecule has 1 aromatic heterocycles. The summed E-state index contributed by atoms with van der Waals surface area (Å²) in [7, 11) is -3.19. The minimum Gasteiger partial charge on any atom is -0.312 e. The number of rotatable bonds is 4. The van der Waals surface area contributed by atoms with Crippen molar-refractivity contribution >= 4 is 22.1 Å². The summed E-state index contributed by atoms with van der Waals surface area (Å²) in [4.78, 5) is 10.5. The topological polar surface area (TPSA) is 91.9 Å². The second-order valence-electron chi connectivity index (χ2n) is 3.73. The molecular formula is C11H11N3O3S. The molecule has 1 heterocycles. The van der Waals surface area contributed by atoms with E-state index in [2.05, 4.69) is 15.5 Å². The molecule has 0 saturated heterocycles. The molecule has 0 saturated carbocycles. The highest BCUT2D eigenvalue weighted by Gasteiger charge is 2.08. The van der Waals surface area contributed by atoms with Crippen molar-refractivity contribution in [3.63, 3.8) is 0 Å². The first-order valence-electron chi connectivity index (χ1n) is 5.07. The summed E-state index contributed by atoms with van der Waals surface area (Å²) in [5.41, 5.74) is 1.48. The van der Waals surface area contributed by atoms with Gasteiger partial charge in [-0.05, 0) is 17.7 Å². The molecule has 94 valence electrons. The van der Waals surface area contributed by atoms with E-state index in [1.54, 1.807) is 18.2 Å². The van der Waals surface area contributed by atoms with E-state index < -0.39 is 9.84 Å². The van der Waals surface area contributed by atoms with Gasteiger partial charge in [-0.1, -0.05) is 12.1 Å². The smallest absolute Gasteiger partial charge is 0.212 e. The number of H-pyrrole nitrogens is 1. The van der Waals surface area contributed by atoms with Crippen molar-refractivity contribution in [3.8, 4) is 11.3 Å². The number of aromatic nitrogens is 2. The average Bonchev–Trinajstić information content (AvgIpc) is 2.77. The third-order valence-electron chi connectivity index (χ3n) is 2.38. The highest BCUT2D eigenvalue weighted by molar-refractivity contribution is 7.90. The van der Waals surface area contributed by atoms with Crippen LogP contribution in [0.2, 0.25) is 0 Å². The maximum Gasteiger partial charge on any atom is 0.212 e. The molecule has 18 heavy (non-hydrogen) atoms. The van der Waals surface area contributed by atoms with Gasteiger partial charge < -0.3 is 5.32 Å². The zero-order chi connectivity index (χ0) is 13.2. The first kappa shape index (κ1) is 12.3. The van der Waals surface area contributed by atoms with Gasteiger partial charge in [-0.3, -0.25) is 9.89 Å². The number of hydrogen-bond donors (Lipinski definition) is 2. The van der Waals surface area contributed by atoms with Crippen LogP contribution in [0.5, 0.6) is 0 Å². The molecule has 0 spiro atoms. The summed E-state index contributed by atoms with van der Waals surface area (Å²) in [5.74, 6) is 0.409. The molecule has 1 amide bonds. The van der Waals surface area contributed by atoms with Gasteiger partial charge >= 0.3 is 0 Å². The molecule has 0 unspecified atom stereocenters. The van der Waals surface area contributed by atoms with E-state index in [0.717, 1.165) is 11.8 Å². The Kier molecular flexibility index (Phi) is 3.15. The molecule has 0 atom stereocenters. The van der Waals surface area contributed by atoms with Crippen LogP contribution in [0.4, 0.5) is 5.82 Å². The monoisotopic (exact) mass is 265 g/mol. The number of nitrogens with one attached hydrogen (secondary N) is 2. The van der Waals surface area contributed by atoms with Gasteiger partial charge in [0, 0.05) is 12.3 Å². The Morgan fingerprint density at radius 2 is 1.94 bits per heavy atom. The molecule has 0 aliphatic heterocycles. The average molecular weight is 265 g/mol. The zero-order valence-electron chi connectivity index (χ0n) is 9.54. The van der Waals surface area contributed by atoms with Crippen LogP contribution < -0.4 is 5.32 Å². The molecule has 0 aliphatic carbocycles. The van der Waals surface area contributed by atoms with Crippen LogP contribution in [-0.2, 0) is 14.6 Å². The second-order valence-corrected chi connectivity index (χ2v) is 5.74. The Labute approximate surface area is 104 Å². The molecule has 2 rings (SSSR count). The van der Waals surface area contributed by atoms with E-state index in [-0.39, 0.29) is 4.90 Å². The van der Waals surface area contributed by atoms with Gasteiger partial charge in [-0.25, -0.2) is 8.42 Å². The Bertz CT molecular complexity index is 659. The second kappa shape index (κ2) is 4.61. The SMILES string of the molecule is CS(=O)(=O)c1ccc(-c2cc(NC=O)n[nH]2)cc1. The van der Waals surface area contributed by atoms with E-state index in [1.165, 1.54) is 12.1 Å². The summed E-state index contributed by atoms with van der Waals surface area (Å²) in [5, 5.41) is 9.03. The van der Waals surface area contributed by atoms with Gasteiger partial charge in [-0.2, -0.15) is 5.10 Å². The maximum absolute atomic E-state index is 11.3. The van der Waals surface area contributed by atoms with Crippen molar-refractivity contribution < 1.29 is 13.2 Å². The molecule has 7 heteroatoms. The number of aromatic amines is 1. The zero-order valence-corrected chi connectivity index (χ0v) is 10.4. The van der Waals surface area contributed by atoms with Gasteiger partial charge in [0.2, 0.25) is 6.41 Å². The number of anilines is 1. The number of carbonyl (C=O) groups excluding carboxylic acids is 1. The lowest BCUT2D eigenvalue weighted by atomic mass is 10.1. The van der Waals surface area contributed by atoms with Crippen LogP contribution in [0.3, 0.4) is 0 Å². The number of sulfone groups is 1. The standard InChI is InChI=1S/C11H11N3O3S/c1-18(16,17)9-4-2-8(3-5-9)10-6-11(12-7-15)14-13-10/h2-7H,1H3,(H2,12,13,14,15). The fourth-order valence-electron chi connectivity index (χ4n) is 1.49. The minimum atomic E-state index is -3.19. The minimum absolute atomic E-state index is 0.261. The highest BCUT2D eigenvalue weighted by atomic mass is 32.2. The summed E-state index contributed by atoms with van der Waals surface area (Å²) in [6.45, 7) is 0. The maximum atomic E-state index is 11.3. The predicted octanol–water partition coefficient (Wildman–Crippen LogP) is 1.05. The third-order valence-corrected chi connectivity index (χ3v) is 3.51. The first-order chi connectivity index (χ1) is 8.50. The highest BCUT2D eigenvalue weighted by Crippen LogP contribution is 2.21. The van der Waals surface area contributed by atoms with E-state index in [1.807, 2.05) is 0 Å². The predicted molar refractivity (Wildman–Crippen MR) is 66.8 cm³/mol. The van der Waals surface area contributed by atoms with Gasteiger partial charge in [0.1, 0.15) is 0 Å². The lowest BCUT2D eigenvalue weighted by Gasteiger charge is -2.00. The molecule has 0 radical (unpaired) electrons. The summed E-state index contributed by atoms with van der Waals surface area (Å²) in [6.07, 6.45) is 1.69. The lowest BCUT2D eigenvalue weighted by Crippen LogP contribution is -1.96. The summed E-state index contributed by atoms with van der Waals surface area (Å²) in [6, 6.07) is 8.06. The number of amides is 1. The van der Waals surface area contributed by atoms with Gasteiger partial charge in [0.25, 0.3) is 0 Å². The molecule has 0 bridgehead atoms. The van der Waals surface area contributed by atoms with E-state index in [9.17, 15) is 13.2 Å². The van der Waals surface area contributed by atoms with Gasteiger partial charge in [0.15, 0.2) is 15.7 Å². The van der Waals surface area contributed by atoms with E-state index in [0.29, 0.717) is 17.9 Å². The van der Waals surface area contributed by atoms with Crippen LogP contribution >= 0.6 is 0 Å². The van der Waals surface area contributed by atoms with Crippen LogP contribution in [0, 0.1) is 0 Å². The molecule has 6 nitrogen and oxygen atoms in total. The third kappa shape index (κ3) is 2.57. The normalized spacial score (nSPS) is 11.2. The Hall–Kier alpha value is -2.15. The summed E-state index contributed by atoms with van der Waals surface area (Å²) < 4.78 is 22.6. The van der Waals surface area contributed by atoms with Gasteiger partial charge in [0.05, 0.1) is 10.6 Å². The fraction of sp³-hybridized carbons (Fsp3) is 0.0909. The Morgan fingerprint density at radius 3 is 2.50 bits per heavy atom. The van der Waals surface area contributed by atoms with Crippen LogP contribution in [0.15, 0.2) is 35.2 Å². The fourth-order valence-corrected chi connectivity index (χ4v) is 2.12. The van der Waals surface area contributed by atoms with Crippen molar-refractivity contribution in [2.45, 2.75) is 4.90 Å². The molecule has 0 fully saturated rings. The van der Waals surface area contributed by atoms with Crippen LogP contribution in [0.25, 0.3) is 11.3 Å². The van der Waals surface area contributed by atoms with Crippen molar-refractivity contribution in [1.82, 2.24) is 10.2 Å². The number of benzene rings is 1. The molecular weight excluding hydrogens is 254 g/mol. The first-order valence-corrected chi connectivity index (χ1v) is 6.96. The van der Waals surface area contributed by atoms with E-state index >= 15 is 0 Å². The number of nitrogens with zero attached hydrogens (tertiary/aromatic N) is 1. The molecule has 0 aliphatic rings. The van der Waals surface area contributed by atoms with E-state index in [4.69, 9.17) is 0 Å². The van der Waals surface area contributed by atoms with Gasteiger partial charge in [-0.15, -0.1) is 0 Å². The lowest BCUT2D eigenvalue weighted by molar-refractivity contribution is -0.105. The largest absolute Gasteiger partial charge is 0.312 e. The molecule has 2 N–H and O–H groups in total. The van der Waals surface area contributed by atoms with Crippen LogP contribution in [0.1, 0.15) is 0 Å². The number of hydrogen-bond acceptors (Lipinski definition) is 4. The molecule has 2 aromatic rings. The van der Waals surface area contributed by atoms with Crippen molar-refractivity contribution in [2.75, 3.05) is 11.6 Å². The quantitative estimate of drug-likeness (QED) is 0.808. The Morgan fingerprint density at radius 1 is 1.28 bits per heavy atom. The van der Waals surface area contributed by atoms with Crippen molar-refractivity contribution in [1.29, 1.82) is 0 Å². The van der Waals surface area contributed by atoms with Crippen LogP contribution in [-0.4, -0.2) is 31.3 Å². The summed E-state index contributed by atoms with van der Waals surface area (Å²) >= 11 is 0. The number of carbonyl (C=O) groups is 1.